The van der Waals surface area contributed by atoms with E-state index >= 15 is 0 Å². The SMILES string of the molecule is CCNC(=O)[C@H](CC)N(Cc1ccc(C)cc1)C(=O)CCCN(c1cccc(Cl)c1C)S(C)(=O)=O. The van der Waals surface area contributed by atoms with Crippen LogP contribution in [-0.2, 0) is 26.2 Å². The summed E-state index contributed by atoms with van der Waals surface area (Å²) in [7, 11) is -3.58. The molecule has 7 nitrogen and oxygen atoms in total. The number of rotatable bonds is 12. The van der Waals surface area contributed by atoms with Crippen molar-refractivity contribution < 1.29 is 18.0 Å². The lowest BCUT2D eigenvalue weighted by Crippen LogP contribution is -2.49. The van der Waals surface area contributed by atoms with Gasteiger partial charge in [0.2, 0.25) is 21.8 Å². The minimum absolute atomic E-state index is 0.105. The second-order valence-corrected chi connectivity index (χ2v) is 11.0. The monoisotopic (exact) mass is 521 g/mol. The van der Waals surface area contributed by atoms with E-state index < -0.39 is 16.1 Å². The lowest BCUT2D eigenvalue weighted by atomic mass is 10.1. The Kier molecular flexibility index (Phi) is 10.6. The molecular formula is C26H36ClN3O4S. The van der Waals surface area contributed by atoms with Crippen molar-refractivity contribution in [2.45, 2.75) is 59.5 Å². The van der Waals surface area contributed by atoms with Gasteiger partial charge in [0.1, 0.15) is 6.04 Å². The Labute approximate surface area is 214 Å². The second kappa shape index (κ2) is 12.9. The van der Waals surface area contributed by atoms with Gasteiger partial charge in [-0.15, -0.1) is 0 Å². The first kappa shape index (κ1) is 28.7. The standard InChI is InChI=1S/C26H36ClN3O4S/c1-6-23(26(32)28-7-2)29(18-21-15-13-19(3)14-16-21)25(31)12-9-17-30(35(5,33)34)24-11-8-10-22(27)20(24)4/h8,10-11,13-16,23H,6-7,9,12,17-18H2,1-5H3,(H,28,32)/t23-/m0/s1. The molecule has 0 radical (unpaired) electrons. The smallest absolute Gasteiger partial charge is 0.242 e. The van der Waals surface area contributed by atoms with Gasteiger partial charge in [0, 0.05) is 31.1 Å². The lowest BCUT2D eigenvalue weighted by molar-refractivity contribution is -0.141. The number of sulfonamides is 1. The average Bonchev–Trinajstić information content (AvgIpc) is 2.79. The molecule has 0 aliphatic heterocycles. The molecule has 9 heteroatoms. The third kappa shape index (κ3) is 7.97. The van der Waals surface area contributed by atoms with Crippen LogP contribution in [0.25, 0.3) is 0 Å². The third-order valence-corrected chi connectivity index (χ3v) is 7.46. The molecule has 0 spiro atoms. The summed E-state index contributed by atoms with van der Waals surface area (Å²) < 4.78 is 26.3. The zero-order chi connectivity index (χ0) is 26.2. The number of nitrogens with zero attached hydrogens (tertiary/aromatic N) is 2. The maximum atomic E-state index is 13.4. The van der Waals surface area contributed by atoms with E-state index in [9.17, 15) is 18.0 Å². The average molecular weight is 522 g/mol. The summed E-state index contributed by atoms with van der Waals surface area (Å²) in [6, 6.07) is 12.4. The van der Waals surface area contributed by atoms with Gasteiger partial charge in [-0.05, 0) is 56.9 Å². The number of likely N-dealkylation sites (N-methyl/N-ethyl adjacent to an activating group) is 1. The van der Waals surface area contributed by atoms with Gasteiger partial charge in [0.05, 0.1) is 11.9 Å². The fourth-order valence-electron chi connectivity index (χ4n) is 3.95. The predicted molar refractivity (Wildman–Crippen MR) is 142 cm³/mol. The van der Waals surface area contributed by atoms with Crippen LogP contribution in [0.5, 0.6) is 0 Å². The van der Waals surface area contributed by atoms with Gasteiger partial charge in [-0.1, -0.05) is 54.4 Å². The van der Waals surface area contributed by atoms with E-state index in [4.69, 9.17) is 11.6 Å². The number of carbonyl (C=O) groups is 2. The first-order chi connectivity index (χ1) is 16.5. The van der Waals surface area contributed by atoms with Crippen molar-refractivity contribution in [1.29, 1.82) is 0 Å². The van der Waals surface area contributed by atoms with E-state index in [0.29, 0.717) is 42.2 Å². The third-order valence-electron chi connectivity index (χ3n) is 5.87. The Hall–Kier alpha value is -2.58. The lowest BCUT2D eigenvalue weighted by Gasteiger charge is -2.31. The molecule has 2 amide bonds. The fraction of sp³-hybridized carbons (Fsp3) is 0.462. The van der Waals surface area contributed by atoms with Gasteiger partial charge in [-0.25, -0.2) is 8.42 Å². The van der Waals surface area contributed by atoms with Gasteiger partial charge in [0.25, 0.3) is 0 Å². The second-order valence-electron chi connectivity index (χ2n) is 8.65. The van der Waals surface area contributed by atoms with Crippen LogP contribution in [0.15, 0.2) is 42.5 Å². The van der Waals surface area contributed by atoms with E-state index in [-0.39, 0.29) is 24.8 Å². The van der Waals surface area contributed by atoms with Crippen LogP contribution < -0.4 is 9.62 Å². The van der Waals surface area contributed by atoms with Crippen molar-refractivity contribution in [3.8, 4) is 0 Å². The molecule has 1 atom stereocenters. The summed E-state index contributed by atoms with van der Waals surface area (Å²) in [6.45, 7) is 8.38. The van der Waals surface area contributed by atoms with Gasteiger partial charge in [-0.3, -0.25) is 13.9 Å². The summed E-state index contributed by atoms with van der Waals surface area (Å²) in [5.41, 5.74) is 3.20. The number of benzene rings is 2. The Morgan fingerprint density at radius 2 is 1.71 bits per heavy atom. The highest BCUT2D eigenvalue weighted by atomic mass is 35.5. The van der Waals surface area contributed by atoms with Crippen LogP contribution in [0.1, 0.15) is 49.8 Å². The molecule has 0 heterocycles. The van der Waals surface area contributed by atoms with Crippen molar-refractivity contribution >= 4 is 39.1 Å². The molecule has 192 valence electrons. The van der Waals surface area contributed by atoms with Crippen LogP contribution in [0.4, 0.5) is 5.69 Å². The van der Waals surface area contributed by atoms with Crippen molar-refractivity contribution in [2.75, 3.05) is 23.7 Å². The summed E-state index contributed by atoms with van der Waals surface area (Å²) >= 11 is 6.21. The maximum Gasteiger partial charge on any atom is 0.242 e. The Morgan fingerprint density at radius 3 is 2.29 bits per heavy atom. The summed E-state index contributed by atoms with van der Waals surface area (Å²) in [6.07, 6.45) is 2.02. The van der Waals surface area contributed by atoms with Crippen LogP contribution >= 0.6 is 11.6 Å². The zero-order valence-electron chi connectivity index (χ0n) is 21.2. The summed E-state index contributed by atoms with van der Waals surface area (Å²) in [5.74, 6) is -0.386. The molecule has 0 aliphatic rings. The van der Waals surface area contributed by atoms with Gasteiger partial charge >= 0.3 is 0 Å². The molecule has 0 saturated heterocycles. The number of carbonyl (C=O) groups excluding carboxylic acids is 2. The molecule has 2 rings (SSSR count). The van der Waals surface area contributed by atoms with Gasteiger partial charge in [-0.2, -0.15) is 0 Å². The first-order valence-electron chi connectivity index (χ1n) is 11.8. The van der Waals surface area contributed by atoms with Gasteiger partial charge < -0.3 is 10.2 Å². The number of amides is 2. The van der Waals surface area contributed by atoms with Crippen molar-refractivity contribution in [2.24, 2.45) is 0 Å². The minimum Gasteiger partial charge on any atom is -0.355 e. The molecule has 1 N–H and O–H groups in total. The van der Waals surface area contributed by atoms with Crippen molar-refractivity contribution in [3.05, 3.63) is 64.2 Å². The van der Waals surface area contributed by atoms with E-state index in [1.165, 1.54) is 4.31 Å². The van der Waals surface area contributed by atoms with Crippen molar-refractivity contribution in [1.82, 2.24) is 10.2 Å². The van der Waals surface area contributed by atoms with Crippen molar-refractivity contribution in [3.63, 3.8) is 0 Å². The Morgan fingerprint density at radius 1 is 1.06 bits per heavy atom. The number of aryl methyl sites for hydroxylation is 1. The molecule has 2 aromatic rings. The molecule has 0 saturated carbocycles. The molecule has 0 aliphatic carbocycles. The highest BCUT2D eigenvalue weighted by Crippen LogP contribution is 2.28. The molecular weight excluding hydrogens is 486 g/mol. The van der Waals surface area contributed by atoms with Gasteiger partial charge in [0.15, 0.2) is 0 Å². The Bertz CT molecular complexity index is 1120. The summed E-state index contributed by atoms with van der Waals surface area (Å²) in [4.78, 5) is 27.7. The van der Waals surface area contributed by atoms with E-state index in [2.05, 4.69) is 5.32 Å². The predicted octanol–water partition coefficient (Wildman–Crippen LogP) is 4.45. The maximum absolute atomic E-state index is 13.4. The minimum atomic E-state index is -3.58. The number of hydrogen-bond acceptors (Lipinski definition) is 4. The van der Waals surface area contributed by atoms with E-state index in [0.717, 1.165) is 17.4 Å². The number of anilines is 1. The van der Waals surface area contributed by atoms with E-state index in [1.54, 1.807) is 30.0 Å². The zero-order valence-corrected chi connectivity index (χ0v) is 22.7. The quantitative estimate of drug-likeness (QED) is 0.447. The summed E-state index contributed by atoms with van der Waals surface area (Å²) in [5, 5.41) is 3.30. The molecule has 0 fully saturated rings. The molecule has 2 aromatic carbocycles. The van der Waals surface area contributed by atoms with E-state index in [1.807, 2.05) is 45.0 Å². The van der Waals surface area contributed by atoms with Crippen LogP contribution in [0.2, 0.25) is 5.02 Å². The molecule has 0 bridgehead atoms. The fourth-order valence-corrected chi connectivity index (χ4v) is 5.14. The number of nitrogens with one attached hydrogen (secondary N) is 1. The molecule has 35 heavy (non-hydrogen) atoms. The molecule has 0 aromatic heterocycles. The van der Waals surface area contributed by atoms with Crippen LogP contribution in [-0.4, -0.2) is 50.5 Å². The number of halogens is 1. The van der Waals surface area contributed by atoms with Crippen LogP contribution in [0, 0.1) is 13.8 Å². The Balaban J connectivity index is 2.23. The normalized spacial score (nSPS) is 12.2. The topological polar surface area (TPSA) is 86.8 Å². The number of hydrogen-bond donors (Lipinski definition) is 1. The molecule has 0 unspecified atom stereocenters. The highest BCUT2D eigenvalue weighted by Gasteiger charge is 2.28. The highest BCUT2D eigenvalue weighted by molar-refractivity contribution is 7.92. The van der Waals surface area contributed by atoms with Crippen LogP contribution in [0.3, 0.4) is 0 Å². The largest absolute Gasteiger partial charge is 0.355 e. The first-order valence-corrected chi connectivity index (χ1v) is 14.1.